The Morgan fingerprint density at radius 2 is 1.77 bits per heavy atom. The number of likely N-dealkylation sites (tertiary alicyclic amines) is 1. The zero-order valence-electron chi connectivity index (χ0n) is 12.9. The van der Waals surface area contributed by atoms with Crippen LogP contribution in [0.1, 0.15) is 26.2 Å². The van der Waals surface area contributed by atoms with Gasteiger partial charge in [0.2, 0.25) is 11.8 Å². The highest BCUT2D eigenvalue weighted by Crippen LogP contribution is 2.22. The molecule has 0 N–H and O–H groups in total. The van der Waals surface area contributed by atoms with Crippen LogP contribution in [0.5, 0.6) is 0 Å². The minimum absolute atomic E-state index is 0.0241. The summed E-state index contributed by atoms with van der Waals surface area (Å²) in [6.07, 6.45) is 3.22. The van der Waals surface area contributed by atoms with Gasteiger partial charge in [-0.15, -0.1) is 0 Å². The van der Waals surface area contributed by atoms with Crippen LogP contribution in [0.15, 0.2) is 24.4 Å². The molecule has 1 aromatic rings. The van der Waals surface area contributed by atoms with Crippen LogP contribution < -0.4 is 4.90 Å². The normalized spacial score (nSPS) is 21.5. The summed E-state index contributed by atoms with van der Waals surface area (Å²) in [6.45, 7) is 5.44. The quantitative estimate of drug-likeness (QED) is 0.779. The summed E-state index contributed by atoms with van der Waals surface area (Å²) in [5.74, 6) is 0.941. The van der Waals surface area contributed by atoms with Crippen LogP contribution in [-0.4, -0.2) is 58.9 Å². The molecule has 2 aliphatic heterocycles. The second kappa shape index (κ2) is 6.44. The van der Waals surface area contributed by atoms with E-state index in [1.165, 1.54) is 4.90 Å². The smallest absolute Gasteiger partial charge is 0.231 e. The van der Waals surface area contributed by atoms with Crippen molar-refractivity contribution >= 4 is 17.6 Å². The molecule has 3 heterocycles. The average molecular weight is 302 g/mol. The molecule has 0 aromatic carbocycles. The van der Waals surface area contributed by atoms with E-state index >= 15 is 0 Å². The van der Waals surface area contributed by atoms with Crippen molar-refractivity contribution in [1.29, 1.82) is 0 Å². The van der Waals surface area contributed by atoms with Crippen molar-refractivity contribution in [2.75, 3.05) is 31.1 Å². The van der Waals surface area contributed by atoms with Crippen LogP contribution in [0.2, 0.25) is 0 Å². The largest absolute Gasteiger partial charge is 0.354 e. The molecular formula is C16H22N4O2. The number of aromatic nitrogens is 1. The highest BCUT2D eigenvalue weighted by molar-refractivity contribution is 6.02. The lowest BCUT2D eigenvalue weighted by molar-refractivity contribution is -0.146. The number of carbonyl (C=O) groups excluding carboxylic acids is 2. The van der Waals surface area contributed by atoms with Crippen molar-refractivity contribution in [3.63, 3.8) is 0 Å². The molecule has 0 saturated carbocycles. The number of anilines is 1. The molecule has 0 bridgehead atoms. The average Bonchev–Trinajstić information content (AvgIpc) is 2.90. The maximum Gasteiger partial charge on any atom is 0.231 e. The van der Waals surface area contributed by atoms with Crippen molar-refractivity contribution in [3.8, 4) is 0 Å². The summed E-state index contributed by atoms with van der Waals surface area (Å²) < 4.78 is 0. The number of amides is 2. The fraction of sp³-hybridized carbons (Fsp3) is 0.562. The SMILES string of the molecule is CCC(N1CCN(c2ccccn2)CC1)N1C(=O)CCC1=O. The predicted octanol–water partition coefficient (Wildman–Crippen LogP) is 1.09. The van der Waals surface area contributed by atoms with E-state index in [0.717, 1.165) is 38.4 Å². The van der Waals surface area contributed by atoms with Gasteiger partial charge in [0.1, 0.15) is 5.82 Å². The van der Waals surface area contributed by atoms with E-state index in [9.17, 15) is 9.59 Å². The van der Waals surface area contributed by atoms with Gasteiger partial charge in [0, 0.05) is 45.2 Å². The maximum absolute atomic E-state index is 12.0. The topological polar surface area (TPSA) is 56.8 Å². The van der Waals surface area contributed by atoms with E-state index in [2.05, 4.69) is 14.8 Å². The zero-order chi connectivity index (χ0) is 15.5. The van der Waals surface area contributed by atoms with Gasteiger partial charge in [-0.2, -0.15) is 0 Å². The van der Waals surface area contributed by atoms with Crippen molar-refractivity contribution in [2.24, 2.45) is 0 Å². The summed E-state index contributed by atoms with van der Waals surface area (Å²) in [5, 5.41) is 0. The molecule has 6 heteroatoms. The van der Waals surface area contributed by atoms with Crippen molar-refractivity contribution in [1.82, 2.24) is 14.8 Å². The highest BCUT2D eigenvalue weighted by Gasteiger charge is 2.37. The van der Waals surface area contributed by atoms with Gasteiger partial charge in [-0.1, -0.05) is 13.0 Å². The van der Waals surface area contributed by atoms with Crippen LogP contribution in [0.4, 0.5) is 5.82 Å². The Labute approximate surface area is 130 Å². The first-order valence-corrected chi connectivity index (χ1v) is 7.95. The highest BCUT2D eigenvalue weighted by atomic mass is 16.2. The lowest BCUT2D eigenvalue weighted by atomic mass is 10.2. The minimum atomic E-state index is -0.0895. The number of imide groups is 1. The van der Waals surface area contributed by atoms with Gasteiger partial charge < -0.3 is 4.90 Å². The molecule has 0 aliphatic carbocycles. The standard InChI is InChI=1S/C16H22N4O2/c1-2-14(20-15(21)6-7-16(20)22)19-11-9-18(10-12-19)13-5-3-4-8-17-13/h3-5,8,14H,2,6-7,9-12H2,1H3. The van der Waals surface area contributed by atoms with Gasteiger partial charge in [-0.3, -0.25) is 19.4 Å². The molecular weight excluding hydrogens is 280 g/mol. The van der Waals surface area contributed by atoms with Crippen LogP contribution >= 0.6 is 0 Å². The van der Waals surface area contributed by atoms with Crippen molar-refractivity contribution < 1.29 is 9.59 Å². The number of carbonyl (C=O) groups is 2. The van der Waals surface area contributed by atoms with E-state index in [1.807, 2.05) is 25.1 Å². The van der Waals surface area contributed by atoms with Crippen molar-refractivity contribution in [3.05, 3.63) is 24.4 Å². The lowest BCUT2D eigenvalue weighted by Gasteiger charge is -2.42. The Bertz CT molecular complexity index is 524. The lowest BCUT2D eigenvalue weighted by Crippen LogP contribution is -2.57. The molecule has 1 aromatic heterocycles. The fourth-order valence-corrected chi connectivity index (χ4v) is 3.32. The number of hydrogen-bond acceptors (Lipinski definition) is 5. The third kappa shape index (κ3) is 2.83. The Morgan fingerprint density at radius 3 is 2.32 bits per heavy atom. The van der Waals surface area contributed by atoms with E-state index in [1.54, 1.807) is 6.20 Å². The molecule has 3 rings (SSSR count). The molecule has 1 unspecified atom stereocenters. The first-order chi connectivity index (χ1) is 10.7. The van der Waals surface area contributed by atoms with E-state index < -0.39 is 0 Å². The minimum Gasteiger partial charge on any atom is -0.354 e. The Balaban J connectivity index is 1.64. The van der Waals surface area contributed by atoms with Gasteiger partial charge in [0.05, 0.1) is 6.17 Å². The molecule has 6 nitrogen and oxygen atoms in total. The number of rotatable bonds is 4. The molecule has 2 amide bonds. The molecule has 118 valence electrons. The molecule has 2 aliphatic rings. The molecule has 22 heavy (non-hydrogen) atoms. The second-order valence-corrected chi connectivity index (χ2v) is 5.76. The first kappa shape index (κ1) is 15.0. The third-order valence-electron chi connectivity index (χ3n) is 4.46. The first-order valence-electron chi connectivity index (χ1n) is 7.95. The molecule has 2 saturated heterocycles. The molecule has 2 fully saturated rings. The molecule has 1 atom stereocenters. The number of hydrogen-bond donors (Lipinski definition) is 0. The number of pyridine rings is 1. The Hall–Kier alpha value is -1.95. The second-order valence-electron chi connectivity index (χ2n) is 5.76. The summed E-state index contributed by atoms with van der Waals surface area (Å²) in [5.41, 5.74) is 0. The van der Waals surface area contributed by atoms with Crippen LogP contribution in [-0.2, 0) is 9.59 Å². The fourth-order valence-electron chi connectivity index (χ4n) is 3.32. The number of piperazine rings is 1. The zero-order valence-corrected chi connectivity index (χ0v) is 12.9. The van der Waals surface area contributed by atoms with Gasteiger partial charge in [-0.25, -0.2) is 4.98 Å². The predicted molar refractivity (Wildman–Crippen MR) is 83.2 cm³/mol. The van der Waals surface area contributed by atoms with Gasteiger partial charge in [0.15, 0.2) is 0 Å². The summed E-state index contributed by atoms with van der Waals surface area (Å²) >= 11 is 0. The van der Waals surface area contributed by atoms with Crippen LogP contribution in [0.3, 0.4) is 0 Å². The van der Waals surface area contributed by atoms with Gasteiger partial charge in [0.25, 0.3) is 0 Å². The van der Waals surface area contributed by atoms with E-state index in [4.69, 9.17) is 0 Å². The summed E-state index contributed by atoms with van der Waals surface area (Å²) in [4.78, 5) is 34.3. The monoisotopic (exact) mass is 302 g/mol. The van der Waals surface area contributed by atoms with Crippen molar-refractivity contribution in [2.45, 2.75) is 32.4 Å². The van der Waals surface area contributed by atoms with Crippen LogP contribution in [0.25, 0.3) is 0 Å². The third-order valence-corrected chi connectivity index (χ3v) is 4.46. The summed E-state index contributed by atoms with van der Waals surface area (Å²) in [7, 11) is 0. The Kier molecular flexibility index (Phi) is 4.38. The van der Waals surface area contributed by atoms with E-state index in [-0.39, 0.29) is 18.0 Å². The number of nitrogens with zero attached hydrogens (tertiary/aromatic N) is 4. The van der Waals surface area contributed by atoms with Gasteiger partial charge in [-0.05, 0) is 18.6 Å². The Morgan fingerprint density at radius 1 is 1.09 bits per heavy atom. The molecule has 0 radical (unpaired) electrons. The van der Waals surface area contributed by atoms with Crippen LogP contribution in [0, 0.1) is 0 Å². The summed E-state index contributed by atoms with van der Waals surface area (Å²) in [6, 6.07) is 5.92. The van der Waals surface area contributed by atoms with E-state index in [0.29, 0.717) is 12.8 Å². The van der Waals surface area contributed by atoms with Gasteiger partial charge >= 0.3 is 0 Å². The molecule has 0 spiro atoms. The maximum atomic E-state index is 12.0.